The van der Waals surface area contributed by atoms with Crippen LogP contribution in [-0.4, -0.2) is 48.2 Å². The number of ether oxygens (including phenoxy) is 1. The van der Waals surface area contributed by atoms with Gasteiger partial charge in [0.25, 0.3) is 5.91 Å². The minimum Gasteiger partial charge on any atom is -0.481 e. The summed E-state index contributed by atoms with van der Waals surface area (Å²) in [6.45, 7) is 6.24. The maximum Gasteiger partial charge on any atom is 0.311 e. The number of carboxylic acids is 1. The summed E-state index contributed by atoms with van der Waals surface area (Å²) >= 11 is 0. The Balaban J connectivity index is 2.80. The van der Waals surface area contributed by atoms with E-state index in [4.69, 9.17) is 4.74 Å². The average molecular weight is 243 g/mol. The molecule has 1 aliphatic rings. The Morgan fingerprint density at radius 3 is 2.29 bits per heavy atom. The number of nitrogens with zero attached hydrogens (tertiary/aromatic N) is 1. The summed E-state index contributed by atoms with van der Waals surface area (Å²) in [5, 5.41) is 9.36. The first kappa shape index (κ1) is 14.0. The molecule has 1 rings (SSSR count). The van der Waals surface area contributed by atoms with Crippen molar-refractivity contribution in [1.29, 1.82) is 0 Å². The highest BCUT2D eigenvalue weighted by Gasteiger charge is 2.48. The van der Waals surface area contributed by atoms with E-state index >= 15 is 0 Å². The van der Waals surface area contributed by atoms with Crippen LogP contribution in [-0.2, 0) is 14.3 Å². The van der Waals surface area contributed by atoms with E-state index < -0.39 is 17.5 Å². The number of hydrogen-bond acceptors (Lipinski definition) is 3. The number of amides is 1. The number of methoxy groups -OCH3 is 1. The molecular weight excluding hydrogens is 222 g/mol. The number of carbonyl (C=O) groups excluding carboxylic acids is 1. The van der Waals surface area contributed by atoms with Gasteiger partial charge < -0.3 is 14.7 Å². The van der Waals surface area contributed by atoms with E-state index in [-0.39, 0.29) is 18.4 Å². The maximum absolute atomic E-state index is 11.9. The SMILES string of the molecule is COC(C)C(=O)N1CCC(C(=O)O)(C(C)C)C1. The Hall–Kier alpha value is -1.10. The summed E-state index contributed by atoms with van der Waals surface area (Å²) in [5.74, 6) is -0.931. The minimum absolute atomic E-state index is 0.00986. The van der Waals surface area contributed by atoms with Crippen LogP contribution in [0.5, 0.6) is 0 Å². The van der Waals surface area contributed by atoms with Gasteiger partial charge in [0.05, 0.1) is 5.41 Å². The number of carbonyl (C=O) groups is 2. The van der Waals surface area contributed by atoms with Crippen LogP contribution in [0.25, 0.3) is 0 Å². The molecule has 2 atom stereocenters. The van der Waals surface area contributed by atoms with E-state index in [0.717, 1.165) is 0 Å². The summed E-state index contributed by atoms with van der Waals surface area (Å²) in [7, 11) is 1.48. The summed E-state index contributed by atoms with van der Waals surface area (Å²) in [4.78, 5) is 24.9. The molecule has 1 N–H and O–H groups in total. The zero-order valence-corrected chi connectivity index (χ0v) is 10.9. The van der Waals surface area contributed by atoms with Crippen molar-refractivity contribution in [1.82, 2.24) is 4.90 Å². The van der Waals surface area contributed by atoms with Gasteiger partial charge in [-0.1, -0.05) is 13.8 Å². The maximum atomic E-state index is 11.9. The molecule has 0 radical (unpaired) electrons. The van der Waals surface area contributed by atoms with Crippen molar-refractivity contribution in [2.24, 2.45) is 11.3 Å². The molecule has 5 nitrogen and oxygen atoms in total. The topological polar surface area (TPSA) is 66.8 Å². The van der Waals surface area contributed by atoms with Crippen LogP contribution < -0.4 is 0 Å². The molecule has 0 aromatic heterocycles. The van der Waals surface area contributed by atoms with Crippen LogP contribution in [0.1, 0.15) is 27.2 Å². The van der Waals surface area contributed by atoms with E-state index in [0.29, 0.717) is 13.0 Å². The summed E-state index contributed by atoms with van der Waals surface area (Å²) < 4.78 is 4.97. The molecular formula is C12H21NO4. The fourth-order valence-corrected chi connectivity index (χ4v) is 2.27. The predicted octanol–water partition coefficient (Wildman–Crippen LogP) is 0.981. The van der Waals surface area contributed by atoms with Gasteiger partial charge in [-0.05, 0) is 19.3 Å². The summed E-state index contributed by atoms with van der Waals surface area (Å²) in [6.07, 6.45) is 0.00841. The third-order valence-corrected chi connectivity index (χ3v) is 3.84. The molecule has 0 spiro atoms. The summed E-state index contributed by atoms with van der Waals surface area (Å²) in [5.41, 5.74) is -0.802. The lowest BCUT2D eigenvalue weighted by atomic mass is 9.76. The zero-order chi connectivity index (χ0) is 13.2. The lowest BCUT2D eigenvalue weighted by Crippen LogP contribution is -2.43. The fourth-order valence-electron chi connectivity index (χ4n) is 2.27. The van der Waals surface area contributed by atoms with Gasteiger partial charge in [-0.3, -0.25) is 9.59 Å². The highest BCUT2D eigenvalue weighted by atomic mass is 16.5. The molecule has 98 valence electrons. The molecule has 17 heavy (non-hydrogen) atoms. The van der Waals surface area contributed by atoms with E-state index in [1.807, 2.05) is 13.8 Å². The first-order valence-corrected chi connectivity index (χ1v) is 5.90. The number of carboxylic acid groups (broad SMARTS) is 1. The van der Waals surface area contributed by atoms with Gasteiger partial charge in [0.1, 0.15) is 6.10 Å². The number of hydrogen-bond donors (Lipinski definition) is 1. The molecule has 1 saturated heterocycles. The summed E-state index contributed by atoms with van der Waals surface area (Å²) in [6, 6.07) is 0. The lowest BCUT2D eigenvalue weighted by molar-refractivity contribution is -0.152. The van der Waals surface area contributed by atoms with Gasteiger partial charge in [0, 0.05) is 20.2 Å². The van der Waals surface area contributed by atoms with Gasteiger partial charge in [-0.2, -0.15) is 0 Å². The molecule has 0 aliphatic carbocycles. The molecule has 1 aliphatic heterocycles. The second-order valence-electron chi connectivity index (χ2n) is 5.00. The van der Waals surface area contributed by atoms with Gasteiger partial charge >= 0.3 is 5.97 Å². The van der Waals surface area contributed by atoms with E-state index in [1.54, 1.807) is 11.8 Å². The van der Waals surface area contributed by atoms with Crippen LogP contribution in [0, 0.1) is 11.3 Å². The molecule has 0 aromatic rings. The van der Waals surface area contributed by atoms with Gasteiger partial charge in [-0.15, -0.1) is 0 Å². The fraction of sp³-hybridized carbons (Fsp3) is 0.833. The second-order valence-corrected chi connectivity index (χ2v) is 5.00. The first-order valence-electron chi connectivity index (χ1n) is 5.90. The van der Waals surface area contributed by atoms with Crippen LogP contribution >= 0.6 is 0 Å². The molecule has 5 heteroatoms. The van der Waals surface area contributed by atoms with Crippen LogP contribution in [0.2, 0.25) is 0 Å². The molecule has 1 heterocycles. The van der Waals surface area contributed by atoms with Crippen molar-refractivity contribution in [3.63, 3.8) is 0 Å². The van der Waals surface area contributed by atoms with Crippen molar-refractivity contribution in [2.75, 3.05) is 20.2 Å². The van der Waals surface area contributed by atoms with E-state index in [2.05, 4.69) is 0 Å². The number of aliphatic carboxylic acids is 1. The number of likely N-dealkylation sites (tertiary alicyclic amines) is 1. The Morgan fingerprint density at radius 2 is 1.94 bits per heavy atom. The Morgan fingerprint density at radius 1 is 1.35 bits per heavy atom. The van der Waals surface area contributed by atoms with Crippen LogP contribution in [0.4, 0.5) is 0 Å². The van der Waals surface area contributed by atoms with Crippen LogP contribution in [0.3, 0.4) is 0 Å². The molecule has 0 aromatic carbocycles. The smallest absolute Gasteiger partial charge is 0.311 e. The quantitative estimate of drug-likeness (QED) is 0.799. The van der Waals surface area contributed by atoms with Crippen molar-refractivity contribution < 1.29 is 19.4 Å². The van der Waals surface area contributed by atoms with E-state index in [9.17, 15) is 14.7 Å². The highest BCUT2D eigenvalue weighted by molar-refractivity contribution is 5.83. The third-order valence-electron chi connectivity index (χ3n) is 3.84. The zero-order valence-electron chi connectivity index (χ0n) is 10.9. The number of rotatable bonds is 4. The minimum atomic E-state index is -0.812. The average Bonchev–Trinajstić information content (AvgIpc) is 2.73. The third kappa shape index (κ3) is 2.44. The molecule has 1 amide bonds. The van der Waals surface area contributed by atoms with Crippen molar-refractivity contribution >= 4 is 11.9 Å². The molecule has 0 saturated carbocycles. The van der Waals surface area contributed by atoms with Crippen LogP contribution in [0.15, 0.2) is 0 Å². The van der Waals surface area contributed by atoms with Crippen molar-refractivity contribution in [2.45, 2.75) is 33.3 Å². The second kappa shape index (κ2) is 5.04. The monoisotopic (exact) mass is 243 g/mol. The van der Waals surface area contributed by atoms with Gasteiger partial charge in [-0.25, -0.2) is 0 Å². The van der Waals surface area contributed by atoms with E-state index in [1.165, 1.54) is 7.11 Å². The lowest BCUT2D eigenvalue weighted by Gasteiger charge is -2.29. The molecule has 0 bridgehead atoms. The standard InChI is InChI=1S/C12H21NO4/c1-8(2)12(11(15)16)5-6-13(7-12)10(14)9(3)17-4/h8-9H,5-7H2,1-4H3,(H,15,16). The predicted molar refractivity (Wildman–Crippen MR) is 62.6 cm³/mol. The molecule has 1 fully saturated rings. The van der Waals surface area contributed by atoms with Crippen molar-refractivity contribution in [3.8, 4) is 0 Å². The largest absolute Gasteiger partial charge is 0.481 e. The Labute approximate surface area is 102 Å². The first-order chi connectivity index (χ1) is 7.85. The Kier molecular flexibility index (Phi) is 4.14. The Bertz CT molecular complexity index is 316. The van der Waals surface area contributed by atoms with Gasteiger partial charge in [0.15, 0.2) is 0 Å². The molecule has 2 unspecified atom stereocenters. The van der Waals surface area contributed by atoms with Gasteiger partial charge in [0.2, 0.25) is 0 Å². The van der Waals surface area contributed by atoms with Crippen molar-refractivity contribution in [3.05, 3.63) is 0 Å². The highest BCUT2D eigenvalue weighted by Crippen LogP contribution is 2.38. The normalized spacial score (nSPS) is 26.3.